The molecule has 2 atom stereocenters. The van der Waals surface area contributed by atoms with Gasteiger partial charge in [0.1, 0.15) is 11.9 Å². The van der Waals surface area contributed by atoms with Gasteiger partial charge in [0, 0.05) is 69.1 Å². The zero-order valence-electron chi connectivity index (χ0n) is 27.4. The maximum Gasteiger partial charge on any atom is 0.255 e. The van der Waals surface area contributed by atoms with Crippen molar-refractivity contribution in [2.45, 2.75) is 64.3 Å². The number of piperazine rings is 1. The molecule has 250 valence electrons. The molecular weight excluding hydrogens is 598 g/mol. The largest absolute Gasteiger partial charge is 0.396 e. The lowest BCUT2D eigenvalue weighted by Gasteiger charge is -2.37. The third kappa shape index (κ3) is 7.16. The molecule has 3 aliphatic rings. The van der Waals surface area contributed by atoms with E-state index in [4.69, 9.17) is 15.5 Å². The molecule has 2 aromatic heterocycles. The summed E-state index contributed by atoms with van der Waals surface area (Å²) in [7, 11) is 0. The fourth-order valence-corrected chi connectivity index (χ4v) is 6.42. The van der Waals surface area contributed by atoms with E-state index in [-0.39, 0.29) is 24.5 Å². The minimum atomic E-state index is -0.779. The van der Waals surface area contributed by atoms with Gasteiger partial charge >= 0.3 is 0 Å². The summed E-state index contributed by atoms with van der Waals surface area (Å²) < 4.78 is 5.44. The quantitative estimate of drug-likeness (QED) is 0.257. The third-order valence-corrected chi connectivity index (χ3v) is 9.41. The number of hydrogen-bond donors (Lipinski definition) is 4. The van der Waals surface area contributed by atoms with Crippen LogP contribution in [-0.4, -0.2) is 106 Å². The highest BCUT2D eigenvalue weighted by atomic mass is 16.5. The van der Waals surface area contributed by atoms with Gasteiger partial charge in [0.05, 0.1) is 35.9 Å². The average Bonchev–Trinajstić information content (AvgIpc) is 3.43. The second-order valence-electron chi connectivity index (χ2n) is 12.8. The number of nitrogens with two attached hydrogens (primary N) is 1. The molecule has 2 saturated heterocycles. The molecule has 0 saturated carbocycles. The summed E-state index contributed by atoms with van der Waals surface area (Å²) in [5.74, 6) is 0.682. The molecule has 1 aromatic carbocycles. The van der Waals surface area contributed by atoms with Gasteiger partial charge < -0.3 is 36.0 Å². The van der Waals surface area contributed by atoms with Gasteiger partial charge in [0.15, 0.2) is 0 Å². The van der Waals surface area contributed by atoms with Crippen LogP contribution in [0.15, 0.2) is 42.6 Å². The van der Waals surface area contributed by atoms with Crippen LogP contribution in [-0.2, 0) is 16.1 Å². The molecule has 0 unspecified atom stereocenters. The van der Waals surface area contributed by atoms with Gasteiger partial charge in [0.25, 0.3) is 5.91 Å². The number of anilines is 3. The Morgan fingerprint density at radius 1 is 1.09 bits per heavy atom. The van der Waals surface area contributed by atoms with Gasteiger partial charge in [-0.15, -0.1) is 0 Å². The number of hydrogen-bond acceptors (Lipinski definition) is 11. The van der Waals surface area contributed by atoms with Gasteiger partial charge in [-0.05, 0) is 57.4 Å². The predicted molar refractivity (Wildman–Crippen MR) is 180 cm³/mol. The van der Waals surface area contributed by atoms with Crippen LogP contribution in [0.2, 0.25) is 0 Å². The topological polar surface area (TPSA) is 162 Å². The Morgan fingerprint density at radius 3 is 2.57 bits per heavy atom. The van der Waals surface area contributed by atoms with E-state index in [1.54, 1.807) is 25.3 Å². The molecule has 47 heavy (non-hydrogen) atoms. The van der Waals surface area contributed by atoms with Crippen LogP contribution in [0.4, 0.5) is 17.5 Å². The van der Waals surface area contributed by atoms with Gasteiger partial charge in [-0.25, -0.2) is 15.0 Å². The van der Waals surface area contributed by atoms with E-state index < -0.39 is 12.1 Å². The Balaban J connectivity index is 1.12. The van der Waals surface area contributed by atoms with Crippen molar-refractivity contribution in [3.63, 3.8) is 0 Å². The molecule has 5 N–H and O–H groups in total. The van der Waals surface area contributed by atoms with Crippen LogP contribution in [0.3, 0.4) is 0 Å². The van der Waals surface area contributed by atoms with Gasteiger partial charge in [-0.3, -0.25) is 14.5 Å². The second-order valence-corrected chi connectivity index (χ2v) is 12.8. The van der Waals surface area contributed by atoms with E-state index in [0.717, 1.165) is 50.4 Å². The van der Waals surface area contributed by atoms with Crippen LogP contribution in [0.25, 0.3) is 11.3 Å². The van der Waals surface area contributed by atoms with Crippen LogP contribution >= 0.6 is 0 Å². The molecule has 13 heteroatoms. The standard InChI is InChI=1S/C34H45N9O4/c1-21(2)41-11-13-42(14-12-41)30-6-4-5-28(38-30)29(20-44)39-32(45)22(3)43-19-24-8-7-23(17-26(24)33(43)46)31-27(35)18-36-34(40-31)37-25-9-15-47-16-10-25/h4-8,17-18,21-22,25,29,44H,9-16,19-20,35H2,1-3H3,(H,39,45)(H,36,37,40)/t22-,29-/m1/s1. The Kier molecular flexibility index (Phi) is 9.85. The van der Waals surface area contributed by atoms with Crippen LogP contribution in [0, 0.1) is 0 Å². The second kappa shape index (κ2) is 14.2. The van der Waals surface area contributed by atoms with Gasteiger partial charge in [0.2, 0.25) is 11.9 Å². The zero-order chi connectivity index (χ0) is 33.1. The van der Waals surface area contributed by atoms with Gasteiger partial charge in [-0.2, -0.15) is 0 Å². The molecule has 0 radical (unpaired) electrons. The van der Waals surface area contributed by atoms with E-state index in [1.807, 2.05) is 24.3 Å². The number of aliphatic hydroxyl groups excluding tert-OH is 1. The fourth-order valence-electron chi connectivity index (χ4n) is 6.42. The van der Waals surface area contributed by atoms with Crippen molar-refractivity contribution < 1.29 is 19.4 Å². The minimum absolute atomic E-state index is 0.221. The summed E-state index contributed by atoms with van der Waals surface area (Å²) >= 11 is 0. The van der Waals surface area contributed by atoms with E-state index in [9.17, 15) is 14.7 Å². The van der Waals surface area contributed by atoms with Crippen molar-refractivity contribution in [3.05, 3.63) is 59.4 Å². The number of nitrogens with zero attached hydrogens (tertiary/aromatic N) is 6. The van der Waals surface area contributed by atoms with Crippen LogP contribution < -0.4 is 21.3 Å². The SMILES string of the molecule is CC(C)N1CCN(c2cccc([C@@H](CO)NC(=O)[C@@H](C)N3Cc4ccc(-c5nc(NC6CCOCC6)ncc5N)cc4C3=O)n2)CC1. The molecule has 3 aliphatic heterocycles. The normalized spacial score (nSPS) is 18.7. The monoisotopic (exact) mass is 643 g/mol. The number of carbonyl (C=O) groups is 2. The van der Waals surface area contributed by atoms with Crippen molar-refractivity contribution >= 4 is 29.3 Å². The summed E-state index contributed by atoms with van der Waals surface area (Å²) in [6.07, 6.45) is 3.32. The molecule has 2 amide bonds. The maximum absolute atomic E-state index is 13.6. The molecule has 3 aromatic rings. The predicted octanol–water partition coefficient (Wildman–Crippen LogP) is 2.44. The van der Waals surface area contributed by atoms with E-state index in [1.165, 1.54) is 4.90 Å². The molecule has 5 heterocycles. The number of aromatic nitrogens is 3. The Morgan fingerprint density at radius 2 is 1.85 bits per heavy atom. The van der Waals surface area contributed by atoms with Crippen LogP contribution in [0.5, 0.6) is 0 Å². The van der Waals surface area contributed by atoms with E-state index in [0.29, 0.717) is 60.0 Å². The van der Waals surface area contributed by atoms with Crippen LogP contribution in [0.1, 0.15) is 61.3 Å². The first kappa shape index (κ1) is 32.6. The minimum Gasteiger partial charge on any atom is -0.396 e. The smallest absolute Gasteiger partial charge is 0.255 e. The van der Waals surface area contributed by atoms with Crippen molar-refractivity contribution in [1.82, 2.24) is 30.1 Å². The third-order valence-electron chi connectivity index (χ3n) is 9.41. The number of nitrogen functional groups attached to an aromatic ring is 1. The first-order chi connectivity index (χ1) is 22.7. The molecule has 0 aliphatic carbocycles. The number of amides is 2. The fraction of sp³-hybridized carbons (Fsp3) is 0.500. The number of aliphatic hydroxyl groups is 1. The highest BCUT2D eigenvalue weighted by Crippen LogP contribution is 2.32. The highest BCUT2D eigenvalue weighted by molar-refractivity contribution is 6.02. The number of pyridine rings is 1. The lowest BCUT2D eigenvalue weighted by Crippen LogP contribution is -2.49. The van der Waals surface area contributed by atoms with Crippen molar-refractivity contribution in [3.8, 4) is 11.3 Å². The lowest BCUT2D eigenvalue weighted by atomic mass is 10.0. The first-order valence-corrected chi connectivity index (χ1v) is 16.5. The molecule has 2 fully saturated rings. The van der Waals surface area contributed by atoms with Gasteiger partial charge in [-0.1, -0.05) is 18.2 Å². The summed E-state index contributed by atoms with van der Waals surface area (Å²) in [5, 5.41) is 16.5. The summed E-state index contributed by atoms with van der Waals surface area (Å²) in [6, 6.07) is 10.5. The summed E-state index contributed by atoms with van der Waals surface area (Å²) in [6.45, 7) is 11.1. The Bertz CT molecular complexity index is 1590. The number of nitrogens with one attached hydrogen (secondary N) is 2. The maximum atomic E-state index is 13.6. The molecular formula is C34H45N9O4. The molecule has 13 nitrogen and oxygen atoms in total. The summed E-state index contributed by atoms with van der Waals surface area (Å²) in [4.78, 5) is 47.2. The number of rotatable bonds is 10. The molecule has 0 spiro atoms. The average molecular weight is 644 g/mol. The zero-order valence-corrected chi connectivity index (χ0v) is 27.4. The lowest BCUT2D eigenvalue weighted by molar-refractivity contribution is -0.126. The first-order valence-electron chi connectivity index (χ1n) is 16.5. The number of carbonyl (C=O) groups excluding carboxylic acids is 2. The number of ether oxygens (including phenoxy) is 1. The number of fused-ring (bicyclic) bond motifs is 1. The van der Waals surface area contributed by atoms with Crippen molar-refractivity contribution in [2.24, 2.45) is 0 Å². The number of benzene rings is 1. The van der Waals surface area contributed by atoms with E-state index >= 15 is 0 Å². The van der Waals surface area contributed by atoms with E-state index in [2.05, 4.69) is 44.2 Å². The Hall–Kier alpha value is -4.33. The van der Waals surface area contributed by atoms with Crippen molar-refractivity contribution in [1.29, 1.82) is 0 Å². The molecule has 0 bridgehead atoms. The highest BCUT2D eigenvalue weighted by Gasteiger charge is 2.35. The molecule has 6 rings (SSSR count). The Labute approximate surface area is 275 Å². The summed E-state index contributed by atoms with van der Waals surface area (Å²) in [5.41, 5.74) is 9.81. The van der Waals surface area contributed by atoms with Crippen molar-refractivity contribution in [2.75, 3.05) is 62.0 Å².